The van der Waals surface area contributed by atoms with Gasteiger partial charge in [0.25, 0.3) is 0 Å². The van der Waals surface area contributed by atoms with Gasteiger partial charge >= 0.3 is 0 Å². The summed E-state index contributed by atoms with van der Waals surface area (Å²) in [5.41, 5.74) is 0. The molecule has 0 aliphatic heterocycles. The van der Waals surface area contributed by atoms with Crippen LogP contribution in [0.25, 0.3) is 0 Å². The molecule has 3 nitrogen and oxygen atoms in total. The van der Waals surface area contributed by atoms with Gasteiger partial charge in [-0.05, 0) is 32.2 Å². The first-order valence-corrected chi connectivity index (χ1v) is 6.19. The summed E-state index contributed by atoms with van der Waals surface area (Å²) in [7, 11) is 1.92. The van der Waals surface area contributed by atoms with Gasteiger partial charge in [-0.2, -0.15) is 0 Å². The summed E-state index contributed by atoms with van der Waals surface area (Å²) < 4.78 is 0. The second kappa shape index (κ2) is 6.46. The van der Waals surface area contributed by atoms with Crippen LogP contribution in [0, 0.1) is 5.92 Å². The van der Waals surface area contributed by atoms with Crippen molar-refractivity contribution in [2.24, 2.45) is 5.92 Å². The van der Waals surface area contributed by atoms with E-state index in [0.29, 0.717) is 0 Å². The molecule has 1 aliphatic rings. The molecule has 1 unspecified atom stereocenters. The number of aliphatic hydroxyl groups excluding tert-OH is 1. The maximum absolute atomic E-state index is 9.09. The van der Waals surface area contributed by atoms with Gasteiger partial charge < -0.3 is 15.3 Å². The lowest BCUT2D eigenvalue weighted by atomic mass is 10.1. The first kappa shape index (κ1) is 12.9. The first-order valence-electron chi connectivity index (χ1n) is 6.19. The molecule has 15 heavy (non-hydrogen) atoms. The van der Waals surface area contributed by atoms with E-state index in [1.54, 1.807) is 0 Å². The molecule has 1 saturated carbocycles. The molecule has 1 fully saturated rings. The first-order chi connectivity index (χ1) is 7.17. The van der Waals surface area contributed by atoms with Crippen molar-refractivity contribution in [2.45, 2.75) is 45.2 Å². The van der Waals surface area contributed by atoms with Gasteiger partial charge in [0.2, 0.25) is 0 Å². The molecular weight excluding hydrogens is 188 g/mol. The third-order valence-corrected chi connectivity index (χ3v) is 3.06. The van der Waals surface area contributed by atoms with Crippen molar-refractivity contribution in [2.75, 3.05) is 26.7 Å². The Labute approximate surface area is 93.9 Å². The molecule has 90 valence electrons. The minimum Gasteiger partial charge on any atom is -0.395 e. The van der Waals surface area contributed by atoms with Crippen molar-refractivity contribution in [1.82, 2.24) is 10.2 Å². The molecule has 0 aromatic carbocycles. The summed E-state index contributed by atoms with van der Waals surface area (Å²) in [5, 5.41) is 12.2. The van der Waals surface area contributed by atoms with E-state index in [9.17, 15) is 0 Å². The standard InChI is InChI=1S/C12H26N2O/c1-10(2)8-14(12-4-5-12)7-6-11(9-15)13-3/h10-13,15H,4-9H2,1-3H3. The van der Waals surface area contributed by atoms with Crippen LogP contribution in [-0.2, 0) is 0 Å². The lowest BCUT2D eigenvalue weighted by molar-refractivity contribution is 0.194. The average Bonchev–Trinajstić information content (AvgIpc) is 3.00. The van der Waals surface area contributed by atoms with Gasteiger partial charge in [0.1, 0.15) is 0 Å². The van der Waals surface area contributed by atoms with Gasteiger partial charge in [0, 0.05) is 25.2 Å². The van der Waals surface area contributed by atoms with Crippen molar-refractivity contribution < 1.29 is 5.11 Å². The summed E-state index contributed by atoms with van der Waals surface area (Å²) in [4.78, 5) is 2.59. The number of hydrogen-bond acceptors (Lipinski definition) is 3. The number of hydrogen-bond donors (Lipinski definition) is 2. The molecule has 0 spiro atoms. The van der Waals surface area contributed by atoms with E-state index in [0.717, 1.165) is 24.9 Å². The highest BCUT2D eigenvalue weighted by molar-refractivity contribution is 4.85. The zero-order valence-corrected chi connectivity index (χ0v) is 10.4. The average molecular weight is 214 g/mol. The van der Waals surface area contributed by atoms with Gasteiger partial charge in [0.05, 0.1) is 6.61 Å². The van der Waals surface area contributed by atoms with Crippen molar-refractivity contribution in [3.63, 3.8) is 0 Å². The number of nitrogens with one attached hydrogen (secondary N) is 1. The largest absolute Gasteiger partial charge is 0.395 e. The Kier molecular flexibility index (Phi) is 5.58. The highest BCUT2D eigenvalue weighted by Crippen LogP contribution is 2.27. The molecule has 1 aliphatic carbocycles. The Hall–Kier alpha value is -0.120. The second-order valence-corrected chi connectivity index (χ2v) is 5.08. The predicted molar refractivity (Wildman–Crippen MR) is 64.0 cm³/mol. The molecule has 2 N–H and O–H groups in total. The van der Waals surface area contributed by atoms with Gasteiger partial charge in [-0.1, -0.05) is 13.8 Å². The smallest absolute Gasteiger partial charge is 0.0585 e. The van der Waals surface area contributed by atoms with E-state index in [1.807, 2.05) is 7.05 Å². The quantitative estimate of drug-likeness (QED) is 0.634. The van der Waals surface area contributed by atoms with Crippen LogP contribution in [0.15, 0.2) is 0 Å². The Morgan fingerprint density at radius 1 is 1.40 bits per heavy atom. The van der Waals surface area contributed by atoms with E-state index in [4.69, 9.17) is 5.11 Å². The third-order valence-electron chi connectivity index (χ3n) is 3.06. The highest BCUT2D eigenvalue weighted by Gasteiger charge is 2.29. The summed E-state index contributed by atoms with van der Waals surface area (Å²) in [5.74, 6) is 0.743. The minimum absolute atomic E-state index is 0.247. The van der Waals surface area contributed by atoms with Crippen molar-refractivity contribution in [3.8, 4) is 0 Å². The molecule has 0 aromatic heterocycles. The van der Waals surface area contributed by atoms with Crippen molar-refractivity contribution >= 4 is 0 Å². The molecule has 0 radical (unpaired) electrons. The molecule has 0 bridgehead atoms. The zero-order valence-electron chi connectivity index (χ0n) is 10.4. The molecule has 0 heterocycles. The number of aliphatic hydroxyl groups is 1. The van der Waals surface area contributed by atoms with Crippen LogP contribution in [0.1, 0.15) is 33.1 Å². The Balaban J connectivity index is 2.24. The van der Waals surface area contributed by atoms with Crippen LogP contribution in [0.4, 0.5) is 0 Å². The normalized spacial score (nSPS) is 18.8. The lowest BCUT2D eigenvalue weighted by Crippen LogP contribution is -2.37. The van der Waals surface area contributed by atoms with E-state index in [-0.39, 0.29) is 12.6 Å². The van der Waals surface area contributed by atoms with E-state index in [2.05, 4.69) is 24.1 Å². The number of nitrogens with zero attached hydrogens (tertiary/aromatic N) is 1. The Morgan fingerprint density at radius 3 is 2.47 bits per heavy atom. The van der Waals surface area contributed by atoms with Gasteiger partial charge in [-0.3, -0.25) is 0 Å². The van der Waals surface area contributed by atoms with Crippen molar-refractivity contribution in [1.29, 1.82) is 0 Å². The zero-order chi connectivity index (χ0) is 11.3. The monoisotopic (exact) mass is 214 g/mol. The maximum atomic E-state index is 9.09. The molecule has 0 amide bonds. The van der Waals surface area contributed by atoms with E-state index < -0.39 is 0 Å². The SMILES string of the molecule is CNC(CO)CCN(CC(C)C)C1CC1. The summed E-state index contributed by atoms with van der Waals surface area (Å²) in [6, 6.07) is 1.10. The fourth-order valence-corrected chi connectivity index (χ4v) is 1.98. The topological polar surface area (TPSA) is 35.5 Å². The molecule has 0 aromatic rings. The second-order valence-electron chi connectivity index (χ2n) is 5.08. The minimum atomic E-state index is 0.247. The van der Waals surface area contributed by atoms with Crippen LogP contribution < -0.4 is 5.32 Å². The fourth-order valence-electron chi connectivity index (χ4n) is 1.98. The highest BCUT2D eigenvalue weighted by atomic mass is 16.3. The molecule has 1 atom stereocenters. The van der Waals surface area contributed by atoms with E-state index in [1.165, 1.54) is 19.4 Å². The maximum Gasteiger partial charge on any atom is 0.0585 e. The molecule has 3 heteroatoms. The van der Waals surface area contributed by atoms with Crippen LogP contribution in [0.5, 0.6) is 0 Å². The number of rotatable bonds is 8. The van der Waals surface area contributed by atoms with Gasteiger partial charge in [0.15, 0.2) is 0 Å². The van der Waals surface area contributed by atoms with Crippen LogP contribution in [0.2, 0.25) is 0 Å². The third kappa shape index (κ3) is 4.96. The summed E-state index contributed by atoms with van der Waals surface area (Å²) in [6.45, 7) is 7.12. The van der Waals surface area contributed by atoms with Gasteiger partial charge in [-0.15, -0.1) is 0 Å². The summed E-state index contributed by atoms with van der Waals surface area (Å²) in [6.07, 6.45) is 3.79. The Morgan fingerprint density at radius 2 is 2.07 bits per heavy atom. The fraction of sp³-hybridized carbons (Fsp3) is 1.00. The van der Waals surface area contributed by atoms with Crippen LogP contribution in [-0.4, -0.2) is 48.8 Å². The van der Waals surface area contributed by atoms with E-state index >= 15 is 0 Å². The molecule has 1 rings (SSSR count). The lowest BCUT2D eigenvalue weighted by Gasteiger charge is -2.25. The van der Waals surface area contributed by atoms with Crippen LogP contribution >= 0.6 is 0 Å². The molecule has 0 saturated heterocycles. The van der Waals surface area contributed by atoms with Crippen LogP contribution in [0.3, 0.4) is 0 Å². The predicted octanol–water partition coefficient (Wildman–Crippen LogP) is 1.08. The summed E-state index contributed by atoms with van der Waals surface area (Å²) >= 11 is 0. The Bertz CT molecular complexity index is 165. The number of likely N-dealkylation sites (N-methyl/N-ethyl adjacent to an activating group) is 1. The van der Waals surface area contributed by atoms with Gasteiger partial charge in [-0.25, -0.2) is 0 Å². The van der Waals surface area contributed by atoms with Crippen molar-refractivity contribution in [3.05, 3.63) is 0 Å². The molecular formula is C12H26N2O.